The summed E-state index contributed by atoms with van der Waals surface area (Å²) in [4.78, 5) is 11.9. The first-order valence-corrected chi connectivity index (χ1v) is 6.42. The van der Waals surface area contributed by atoms with Crippen LogP contribution in [0.15, 0.2) is 17.8 Å². The van der Waals surface area contributed by atoms with E-state index >= 15 is 0 Å². The van der Waals surface area contributed by atoms with Crippen molar-refractivity contribution in [3.8, 4) is 0 Å². The molecular weight excluding hydrogens is 228 g/mol. The highest BCUT2D eigenvalue weighted by Crippen LogP contribution is 2.19. The van der Waals surface area contributed by atoms with E-state index in [-0.39, 0.29) is 5.91 Å². The van der Waals surface area contributed by atoms with Gasteiger partial charge in [0.2, 0.25) is 0 Å². The first kappa shape index (κ1) is 12.7. The maximum atomic E-state index is 11.9. The zero-order valence-electron chi connectivity index (χ0n) is 10.8. The Kier molecular flexibility index (Phi) is 4.02. The fraction of sp³-hybridized carbons (Fsp3) is 0.538. The van der Waals surface area contributed by atoms with Gasteiger partial charge in [0, 0.05) is 13.6 Å². The van der Waals surface area contributed by atoms with E-state index in [0.29, 0.717) is 17.9 Å². The Morgan fingerprint density at radius 1 is 1.56 bits per heavy atom. The van der Waals surface area contributed by atoms with Crippen molar-refractivity contribution in [2.24, 2.45) is 7.05 Å². The van der Waals surface area contributed by atoms with Crippen molar-refractivity contribution in [1.29, 1.82) is 0 Å². The molecule has 0 aliphatic heterocycles. The molecule has 1 aromatic rings. The summed E-state index contributed by atoms with van der Waals surface area (Å²) >= 11 is 0. The van der Waals surface area contributed by atoms with Crippen molar-refractivity contribution < 1.29 is 4.79 Å². The lowest BCUT2D eigenvalue weighted by molar-refractivity contribution is 0.0955. The van der Waals surface area contributed by atoms with Crippen molar-refractivity contribution in [2.75, 3.05) is 12.3 Å². The van der Waals surface area contributed by atoms with Crippen LogP contribution < -0.4 is 11.1 Å². The molecule has 0 aromatic carbocycles. The summed E-state index contributed by atoms with van der Waals surface area (Å²) in [6, 6.07) is 0. The Bertz CT molecular complexity index is 462. The average molecular weight is 248 g/mol. The van der Waals surface area contributed by atoms with Gasteiger partial charge in [-0.05, 0) is 32.1 Å². The Balaban J connectivity index is 1.81. The molecule has 0 fully saturated rings. The number of anilines is 1. The molecule has 1 heterocycles. The summed E-state index contributed by atoms with van der Waals surface area (Å²) < 4.78 is 1.50. The molecular formula is C13H20N4O. The van der Waals surface area contributed by atoms with E-state index in [0.717, 1.165) is 6.42 Å². The van der Waals surface area contributed by atoms with E-state index in [2.05, 4.69) is 16.5 Å². The van der Waals surface area contributed by atoms with E-state index < -0.39 is 0 Å². The molecule has 0 saturated carbocycles. The molecule has 1 aliphatic rings. The molecule has 0 radical (unpaired) electrons. The molecule has 3 N–H and O–H groups in total. The van der Waals surface area contributed by atoms with Crippen LogP contribution in [0.25, 0.3) is 0 Å². The maximum absolute atomic E-state index is 11.9. The quantitative estimate of drug-likeness (QED) is 0.795. The van der Waals surface area contributed by atoms with Gasteiger partial charge in [-0.3, -0.25) is 9.48 Å². The largest absolute Gasteiger partial charge is 0.383 e. The highest BCUT2D eigenvalue weighted by atomic mass is 16.1. The Morgan fingerprint density at radius 2 is 2.39 bits per heavy atom. The smallest absolute Gasteiger partial charge is 0.256 e. The van der Waals surface area contributed by atoms with Crippen molar-refractivity contribution in [2.45, 2.75) is 32.1 Å². The molecule has 0 atom stereocenters. The van der Waals surface area contributed by atoms with Crippen LogP contribution in [0.4, 0.5) is 5.82 Å². The minimum atomic E-state index is -0.142. The van der Waals surface area contributed by atoms with Crippen molar-refractivity contribution in [3.05, 3.63) is 23.4 Å². The number of aromatic nitrogens is 2. The van der Waals surface area contributed by atoms with Gasteiger partial charge < -0.3 is 11.1 Å². The molecule has 1 aliphatic carbocycles. The number of hydrogen-bond acceptors (Lipinski definition) is 3. The highest BCUT2D eigenvalue weighted by Gasteiger charge is 2.13. The number of nitrogens with one attached hydrogen (secondary N) is 1. The number of rotatable bonds is 4. The number of allylic oxidation sites excluding steroid dienone is 1. The molecule has 2 rings (SSSR count). The predicted octanol–water partition coefficient (Wildman–Crippen LogP) is 1.62. The summed E-state index contributed by atoms with van der Waals surface area (Å²) in [6.07, 6.45) is 9.66. The third kappa shape index (κ3) is 2.91. The van der Waals surface area contributed by atoms with Crippen molar-refractivity contribution in [1.82, 2.24) is 15.1 Å². The van der Waals surface area contributed by atoms with E-state index in [1.54, 1.807) is 7.05 Å². The Labute approximate surface area is 107 Å². The number of aryl methyl sites for hydroxylation is 1. The van der Waals surface area contributed by atoms with Crippen LogP contribution in [0.3, 0.4) is 0 Å². The number of amides is 1. The van der Waals surface area contributed by atoms with Gasteiger partial charge in [0.1, 0.15) is 11.4 Å². The first-order valence-electron chi connectivity index (χ1n) is 6.42. The van der Waals surface area contributed by atoms with Gasteiger partial charge in [-0.25, -0.2) is 0 Å². The third-order valence-electron chi connectivity index (χ3n) is 3.35. The van der Waals surface area contributed by atoms with Gasteiger partial charge >= 0.3 is 0 Å². The van der Waals surface area contributed by atoms with Gasteiger partial charge in [0.05, 0.1) is 6.20 Å². The highest BCUT2D eigenvalue weighted by molar-refractivity contribution is 5.98. The average Bonchev–Trinajstić information content (AvgIpc) is 2.71. The summed E-state index contributed by atoms with van der Waals surface area (Å²) in [5.41, 5.74) is 7.66. The summed E-state index contributed by atoms with van der Waals surface area (Å²) in [7, 11) is 1.72. The lowest BCUT2D eigenvalue weighted by Gasteiger charge is -2.12. The molecule has 5 nitrogen and oxygen atoms in total. The van der Waals surface area contributed by atoms with Crippen LogP contribution in [-0.4, -0.2) is 22.2 Å². The molecule has 18 heavy (non-hydrogen) atoms. The maximum Gasteiger partial charge on any atom is 0.256 e. The second-order valence-electron chi connectivity index (χ2n) is 4.68. The monoisotopic (exact) mass is 248 g/mol. The van der Waals surface area contributed by atoms with Crippen molar-refractivity contribution in [3.63, 3.8) is 0 Å². The van der Waals surface area contributed by atoms with Crippen molar-refractivity contribution >= 4 is 11.7 Å². The third-order valence-corrected chi connectivity index (χ3v) is 3.35. The van der Waals surface area contributed by atoms with Gasteiger partial charge in [-0.2, -0.15) is 5.10 Å². The molecule has 0 spiro atoms. The lowest BCUT2D eigenvalue weighted by Crippen LogP contribution is -2.25. The Morgan fingerprint density at radius 3 is 3.00 bits per heavy atom. The van der Waals surface area contributed by atoms with Crippen LogP contribution >= 0.6 is 0 Å². The number of nitrogen functional groups attached to an aromatic ring is 1. The first-order chi connectivity index (χ1) is 8.68. The summed E-state index contributed by atoms with van der Waals surface area (Å²) in [5.74, 6) is 0.265. The Hall–Kier alpha value is -1.78. The molecule has 1 amide bonds. The topological polar surface area (TPSA) is 72.9 Å². The molecule has 0 saturated heterocycles. The fourth-order valence-electron chi connectivity index (χ4n) is 2.19. The summed E-state index contributed by atoms with van der Waals surface area (Å²) in [6.45, 7) is 0.666. The predicted molar refractivity (Wildman–Crippen MR) is 71.1 cm³/mol. The van der Waals surface area contributed by atoms with E-state index in [4.69, 9.17) is 5.73 Å². The minimum Gasteiger partial charge on any atom is -0.383 e. The number of carbonyl (C=O) groups is 1. The fourth-order valence-corrected chi connectivity index (χ4v) is 2.19. The second kappa shape index (κ2) is 5.71. The van der Waals surface area contributed by atoms with E-state index in [1.807, 2.05) is 0 Å². The molecule has 5 heteroatoms. The van der Waals surface area contributed by atoms with Crippen LogP contribution in [-0.2, 0) is 7.05 Å². The molecule has 1 aromatic heterocycles. The standard InChI is InChI=1S/C13H20N4O/c1-17-12(14)11(9-16-17)13(18)15-8-7-10-5-3-2-4-6-10/h5,9H,2-4,6-8,14H2,1H3,(H,15,18). The van der Waals surface area contributed by atoms with E-state index in [1.165, 1.54) is 42.1 Å². The van der Waals surface area contributed by atoms with Gasteiger partial charge in [0.25, 0.3) is 5.91 Å². The van der Waals surface area contributed by atoms with Crippen LogP contribution in [0.1, 0.15) is 42.5 Å². The van der Waals surface area contributed by atoms with Crippen LogP contribution in [0.5, 0.6) is 0 Å². The number of nitrogens with zero attached hydrogens (tertiary/aromatic N) is 2. The zero-order chi connectivity index (χ0) is 13.0. The zero-order valence-corrected chi connectivity index (χ0v) is 10.8. The molecule has 98 valence electrons. The number of carbonyl (C=O) groups excluding carboxylic acids is 1. The minimum absolute atomic E-state index is 0.142. The van der Waals surface area contributed by atoms with Gasteiger partial charge in [-0.1, -0.05) is 11.6 Å². The van der Waals surface area contributed by atoms with E-state index in [9.17, 15) is 4.79 Å². The number of nitrogens with two attached hydrogens (primary N) is 1. The summed E-state index contributed by atoms with van der Waals surface area (Å²) in [5, 5.41) is 6.84. The molecule has 0 bridgehead atoms. The van der Waals surface area contributed by atoms with Crippen LogP contribution in [0, 0.1) is 0 Å². The van der Waals surface area contributed by atoms with Gasteiger partial charge in [-0.15, -0.1) is 0 Å². The normalized spacial score (nSPS) is 15.3. The second-order valence-corrected chi connectivity index (χ2v) is 4.68. The van der Waals surface area contributed by atoms with Crippen LogP contribution in [0.2, 0.25) is 0 Å². The number of hydrogen-bond donors (Lipinski definition) is 2. The van der Waals surface area contributed by atoms with Gasteiger partial charge in [0.15, 0.2) is 0 Å². The molecule has 0 unspecified atom stereocenters. The lowest BCUT2D eigenvalue weighted by atomic mass is 9.97. The SMILES string of the molecule is Cn1ncc(C(=O)NCCC2=CCCCC2)c1N.